The Balaban J connectivity index is 1.66. The number of hydrazone groups is 1. The van der Waals surface area contributed by atoms with Crippen molar-refractivity contribution >= 4 is 22.2 Å². The lowest BCUT2D eigenvalue weighted by Gasteiger charge is -2.15. The fourth-order valence-electron chi connectivity index (χ4n) is 4.14. The topological polar surface area (TPSA) is 24.4 Å². The molecule has 0 saturated carbocycles. The maximum atomic E-state index is 4.87. The minimum Gasteiger partial charge on any atom is -0.278 e. The molecule has 1 unspecified atom stereocenters. The van der Waals surface area contributed by atoms with Gasteiger partial charge in [0, 0.05) is 6.42 Å². The molecule has 4 rings (SSSR count). The van der Waals surface area contributed by atoms with Crippen LogP contribution in [-0.2, 0) is 0 Å². The molecule has 0 aromatic heterocycles. The Morgan fingerprint density at radius 3 is 2.21 bits per heavy atom. The summed E-state index contributed by atoms with van der Waals surface area (Å²) in [6.45, 7) is 9.05. The van der Waals surface area contributed by atoms with Gasteiger partial charge in [-0.15, -0.1) is 0 Å². The Kier molecular flexibility index (Phi) is 5.35. The molecule has 0 aliphatic heterocycles. The fourth-order valence-corrected chi connectivity index (χ4v) is 4.14. The van der Waals surface area contributed by atoms with Gasteiger partial charge >= 0.3 is 0 Å². The molecule has 0 spiro atoms. The Labute approximate surface area is 173 Å². The highest BCUT2D eigenvalue weighted by Gasteiger charge is 2.24. The molecule has 0 radical (unpaired) electrons. The van der Waals surface area contributed by atoms with Crippen LogP contribution in [0.1, 0.15) is 39.7 Å². The summed E-state index contributed by atoms with van der Waals surface area (Å²) in [5.74, 6) is 0.476. The highest BCUT2D eigenvalue weighted by atomic mass is 15.3. The van der Waals surface area contributed by atoms with Crippen LogP contribution in [-0.4, -0.2) is 5.71 Å². The summed E-state index contributed by atoms with van der Waals surface area (Å²) in [7, 11) is 0. The van der Waals surface area contributed by atoms with E-state index in [1.165, 1.54) is 33.1 Å². The van der Waals surface area contributed by atoms with Gasteiger partial charge in [-0.2, -0.15) is 5.10 Å². The van der Waals surface area contributed by atoms with Crippen LogP contribution in [0.25, 0.3) is 10.8 Å². The Morgan fingerprint density at radius 1 is 0.828 bits per heavy atom. The van der Waals surface area contributed by atoms with Crippen LogP contribution < -0.4 is 5.43 Å². The second kappa shape index (κ2) is 8.08. The van der Waals surface area contributed by atoms with Gasteiger partial charge in [0.15, 0.2) is 0 Å². The van der Waals surface area contributed by atoms with Crippen molar-refractivity contribution in [2.45, 2.75) is 34.1 Å². The molecule has 0 saturated heterocycles. The van der Waals surface area contributed by atoms with Gasteiger partial charge in [-0.05, 0) is 66.3 Å². The highest BCUT2D eigenvalue weighted by molar-refractivity contribution is 6.02. The summed E-state index contributed by atoms with van der Waals surface area (Å²) >= 11 is 0. The van der Waals surface area contributed by atoms with Crippen LogP contribution in [0.3, 0.4) is 0 Å². The van der Waals surface area contributed by atoms with E-state index in [9.17, 15) is 0 Å². The summed E-state index contributed by atoms with van der Waals surface area (Å²) in [6, 6.07) is 25.3. The average molecular weight is 381 g/mol. The van der Waals surface area contributed by atoms with Crippen molar-refractivity contribution < 1.29 is 0 Å². The van der Waals surface area contributed by atoms with Crippen molar-refractivity contribution in [3.05, 3.63) is 101 Å². The second-order valence-corrected chi connectivity index (χ2v) is 7.95. The van der Waals surface area contributed by atoms with Crippen molar-refractivity contribution in [1.29, 1.82) is 0 Å². The van der Waals surface area contributed by atoms with Crippen LogP contribution in [0.2, 0.25) is 0 Å². The monoisotopic (exact) mass is 380 g/mol. The molecule has 3 aromatic carbocycles. The van der Waals surface area contributed by atoms with Crippen molar-refractivity contribution in [2.75, 3.05) is 5.43 Å². The lowest BCUT2D eigenvalue weighted by Crippen LogP contribution is -2.09. The van der Waals surface area contributed by atoms with E-state index in [1.807, 2.05) is 0 Å². The SMILES string of the molecule is CC1=C(C)C(C)C(CC(=NNc2ccc3ccccc3c2)c2ccccc2)=C1C. The normalized spacial score (nSPS) is 17.4. The quantitative estimate of drug-likeness (QED) is 0.363. The van der Waals surface area contributed by atoms with Gasteiger partial charge in [-0.1, -0.05) is 78.7 Å². The molecule has 0 amide bonds. The van der Waals surface area contributed by atoms with E-state index < -0.39 is 0 Å². The molecule has 3 aromatic rings. The predicted octanol–water partition coefficient (Wildman–Crippen LogP) is 7.35. The van der Waals surface area contributed by atoms with Crippen molar-refractivity contribution in [1.82, 2.24) is 0 Å². The smallest absolute Gasteiger partial charge is 0.0720 e. The number of hydrogen-bond donors (Lipinski definition) is 1. The van der Waals surface area contributed by atoms with Crippen LogP contribution in [0, 0.1) is 5.92 Å². The first-order chi connectivity index (χ1) is 14.0. The number of benzene rings is 3. The molecule has 0 bridgehead atoms. The molecule has 146 valence electrons. The summed E-state index contributed by atoms with van der Waals surface area (Å²) in [5.41, 5.74) is 12.4. The summed E-state index contributed by atoms with van der Waals surface area (Å²) in [4.78, 5) is 0. The lowest BCUT2D eigenvalue weighted by atomic mass is 9.91. The van der Waals surface area contributed by atoms with Crippen LogP contribution in [0.4, 0.5) is 5.69 Å². The van der Waals surface area contributed by atoms with E-state index in [0.717, 1.165) is 23.4 Å². The molecular formula is C27H28N2. The number of anilines is 1. The van der Waals surface area contributed by atoms with Gasteiger partial charge in [-0.25, -0.2) is 0 Å². The van der Waals surface area contributed by atoms with Crippen molar-refractivity contribution in [3.63, 3.8) is 0 Å². The third-order valence-corrected chi connectivity index (χ3v) is 6.34. The van der Waals surface area contributed by atoms with Gasteiger partial charge in [0.1, 0.15) is 0 Å². The molecule has 0 heterocycles. The van der Waals surface area contributed by atoms with Crippen molar-refractivity contribution in [2.24, 2.45) is 11.0 Å². The van der Waals surface area contributed by atoms with E-state index in [0.29, 0.717) is 5.92 Å². The molecule has 1 N–H and O–H groups in total. The predicted molar refractivity (Wildman–Crippen MR) is 125 cm³/mol. The Bertz CT molecular complexity index is 1130. The first-order valence-corrected chi connectivity index (χ1v) is 10.3. The highest BCUT2D eigenvalue weighted by Crippen LogP contribution is 2.38. The number of allylic oxidation sites excluding steroid dienone is 4. The first kappa shape index (κ1) is 19.2. The van der Waals surface area contributed by atoms with Gasteiger partial charge in [-0.3, -0.25) is 5.43 Å². The number of rotatable bonds is 5. The molecule has 2 heteroatoms. The molecule has 1 atom stereocenters. The molecule has 2 nitrogen and oxygen atoms in total. The van der Waals surface area contributed by atoms with E-state index in [2.05, 4.69) is 106 Å². The standard InChI is InChI=1S/C27H28N2/c1-18-19(2)21(4)26(20(18)3)17-27(23-11-6-5-7-12-23)29-28-25-15-14-22-10-8-9-13-24(22)16-25/h5-16,20,28H,17H2,1-4H3. The van der Waals surface area contributed by atoms with Gasteiger partial charge in [0.05, 0.1) is 11.4 Å². The molecular weight excluding hydrogens is 352 g/mol. The third kappa shape index (κ3) is 3.88. The number of nitrogens with one attached hydrogen (secondary N) is 1. The molecule has 1 aliphatic rings. The third-order valence-electron chi connectivity index (χ3n) is 6.34. The summed E-state index contributed by atoms with van der Waals surface area (Å²) < 4.78 is 0. The Morgan fingerprint density at radius 2 is 1.52 bits per heavy atom. The van der Waals surface area contributed by atoms with Crippen LogP contribution in [0.5, 0.6) is 0 Å². The van der Waals surface area contributed by atoms with E-state index in [1.54, 1.807) is 0 Å². The van der Waals surface area contributed by atoms with Crippen molar-refractivity contribution in [3.8, 4) is 0 Å². The minimum absolute atomic E-state index is 0.476. The Hall–Kier alpha value is -3.13. The first-order valence-electron chi connectivity index (χ1n) is 10.3. The zero-order chi connectivity index (χ0) is 20.4. The maximum absolute atomic E-state index is 4.87. The van der Waals surface area contributed by atoms with Crippen LogP contribution in [0.15, 0.2) is 100 Å². The largest absolute Gasteiger partial charge is 0.278 e. The number of fused-ring (bicyclic) bond motifs is 1. The zero-order valence-electron chi connectivity index (χ0n) is 17.7. The number of hydrogen-bond acceptors (Lipinski definition) is 2. The second-order valence-electron chi connectivity index (χ2n) is 7.95. The molecule has 29 heavy (non-hydrogen) atoms. The van der Waals surface area contributed by atoms with Gasteiger partial charge in [0.25, 0.3) is 0 Å². The number of nitrogens with zero attached hydrogens (tertiary/aromatic N) is 1. The van der Waals surface area contributed by atoms with Gasteiger partial charge < -0.3 is 0 Å². The van der Waals surface area contributed by atoms with Crippen LogP contribution >= 0.6 is 0 Å². The molecule has 1 aliphatic carbocycles. The minimum atomic E-state index is 0.476. The maximum Gasteiger partial charge on any atom is 0.0720 e. The van der Waals surface area contributed by atoms with E-state index in [-0.39, 0.29) is 0 Å². The van der Waals surface area contributed by atoms with E-state index in [4.69, 9.17) is 5.10 Å². The van der Waals surface area contributed by atoms with E-state index >= 15 is 0 Å². The molecule has 0 fully saturated rings. The summed E-state index contributed by atoms with van der Waals surface area (Å²) in [5, 5.41) is 7.32. The average Bonchev–Trinajstić information content (AvgIpc) is 2.94. The summed E-state index contributed by atoms with van der Waals surface area (Å²) in [6.07, 6.45) is 0.853. The van der Waals surface area contributed by atoms with Gasteiger partial charge in [0.2, 0.25) is 0 Å². The fraction of sp³-hybridized carbons (Fsp3) is 0.222. The lowest BCUT2D eigenvalue weighted by molar-refractivity contribution is 0.798. The zero-order valence-corrected chi connectivity index (χ0v) is 17.7.